The van der Waals surface area contributed by atoms with Crippen molar-refractivity contribution < 1.29 is 0 Å². The van der Waals surface area contributed by atoms with E-state index in [0.717, 1.165) is 11.3 Å². The molecule has 9 heteroatoms. The molecule has 0 radical (unpaired) electrons. The molecule has 0 atom stereocenters. The molecule has 4 aromatic heterocycles. The van der Waals surface area contributed by atoms with E-state index in [1.807, 2.05) is 27.8 Å². The van der Waals surface area contributed by atoms with Gasteiger partial charge in [-0.3, -0.25) is 28.8 Å². The quantitative estimate of drug-likeness (QED) is 0.571. The second-order valence-corrected chi connectivity index (χ2v) is 6.54. The van der Waals surface area contributed by atoms with Crippen molar-refractivity contribution in [1.82, 2.24) is 34.1 Å². The molecule has 0 bridgehead atoms. The summed E-state index contributed by atoms with van der Waals surface area (Å²) in [6.07, 6.45) is 1.72. The Morgan fingerprint density at radius 2 is 1.92 bits per heavy atom. The Bertz CT molecular complexity index is 1250. The van der Waals surface area contributed by atoms with Crippen molar-refractivity contribution in [2.75, 3.05) is 0 Å². The Kier molecular flexibility index (Phi) is 3.05. The van der Waals surface area contributed by atoms with Crippen LogP contribution in [0.3, 0.4) is 0 Å². The van der Waals surface area contributed by atoms with Gasteiger partial charge < -0.3 is 0 Å². The zero-order valence-electron chi connectivity index (χ0n) is 14.7. The number of imidazole rings is 1. The van der Waals surface area contributed by atoms with Crippen molar-refractivity contribution in [3.05, 3.63) is 32.7 Å². The van der Waals surface area contributed by atoms with Gasteiger partial charge in [-0.15, -0.1) is 0 Å². The fourth-order valence-electron chi connectivity index (χ4n) is 3.25. The first kappa shape index (κ1) is 15.4. The molecular weight excluding hydrogens is 322 g/mol. The lowest BCUT2D eigenvalue weighted by Crippen LogP contribution is -2.12. The maximum atomic E-state index is 12.7. The van der Waals surface area contributed by atoms with Crippen LogP contribution in [0.5, 0.6) is 0 Å². The topological polar surface area (TPSA) is 106 Å². The highest BCUT2D eigenvalue weighted by Crippen LogP contribution is 2.34. The predicted octanol–water partition coefficient (Wildman–Crippen LogP) is 1.19. The summed E-state index contributed by atoms with van der Waals surface area (Å²) >= 11 is 0. The van der Waals surface area contributed by atoms with Gasteiger partial charge in [0, 0.05) is 37.0 Å². The molecule has 0 saturated carbocycles. The number of hydrogen-bond donors (Lipinski definition) is 2. The summed E-state index contributed by atoms with van der Waals surface area (Å²) in [5.74, 6) is 0. The molecule has 0 aliphatic carbocycles. The van der Waals surface area contributed by atoms with Crippen molar-refractivity contribution in [3.8, 4) is 11.1 Å². The van der Waals surface area contributed by atoms with E-state index in [1.165, 1.54) is 4.57 Å². The minimum atomic E-state index is -0.273. The summed E-state index contributed by atoms with van der Waals surface area (Å²) in [6.45, 7) is 5.85. The lowest BCUT2D eigenvalue weighted by Gasteiger charge is -2.09. The lowest BCUT2D eigenvalue weighted by atomic mass is 10.0. The number of H-pyrrole nitrogens is 2. The number of aromatic nitrogens is 7. The van der Waals surface area contributed by atoms with Gasteiger partial charge in [-0.25, -0.2) is 9.78 Å². The number of nitrogens with zero attached hydrogens (tertiary/aromatic N) is 5. The summed E-state index contributed by atoms with van der Waals surface area (Å²) in [5, 5.41) is 7.62. The van der Waals surface area contributed by atoms with E-state index in [0.29, 0.717) is 27.8 Å². The van der Waals surface area contributed by atoms with Gasteiger partial charge in [0.2, 0.25) is 0 Å². The van der Waals surface area contributed by atoms with Crippen LogP contribution < -0.4 is 11.2 Å². The van der Waals surface area contributed by atoms with Crippen molar-refractivity contribution in [2.45, 2.75) is 26.8 Å². The van der Waals surface area contributed by atoms with E-state index in [9.17, 15) is 9.59 Å². The molecule has 4 heterocycles. The van der Waals surface area contributed by atoms with E-state index < -0.39 is 0 Å². The van der Waals surface area contributed by atoms with Gasteiger partial charge in [0.15, 0.2) is 11.3 Å². The normalized spacial score (nSPS) is 12.1. The van der Waals surface area contributed by atoms with Crippen LogP contribution in [0.4, 0.5) is 0 Å². The van der Waals surface area contributed by atoms with E-state index in [-0.39, 0.29) is 17.3 Å². The first-order valence-electron chi connectivity index (χ1n) is 8.03. The molecule has 0 fully saturated rings. The van der Waals surface area contributed by atoms with Crippen LogP contribution in [0.2, 0.25) is 0 Å². The summed E-state index contributed by atoms with van der Waals surface area (Å²) in [5.41, 5.74) is 3.45. The highest BCUT2D eigenvalue weighted by molar-refractivity contribution is 6.06. The molecule has 0 unspecified atom stereocenters. The van der Waals surface area contributed by atoms with E-state index in [4.69, 9.17) is 0 Å². The highest BCUT2D eigenvalue weighted by Gasteiger charge is 2.24. The standard InChI is InChI=1S/C16H19N7O2/c1-7(2)23-14-11(15(24)20-23)10(9-6-17-22(5)8(9)3)12-13(18-14)19-16(25)21(12)4/h6-7H,1-5H3,(H,20,24)(H,18,19,25). The largest absolute Gasteiger partial charge is 0.327 e. The van der Waals surface area contributed by atoms with Crippen molar-refractivity contribution in [2.24, 2.45) is 14.1 Å². The molecule has 130 valence electrons. The third kappa shape index (κ3) is 1.95. The molecule has 0 aliphatic heterocycles. The number of rotatable bonds is 2. The number of aromatic amines is 2. The highest BCUT2D eigenvalue weighted by atomic mass is 16.1. The Hall–Kier alpha value is -3.10. The van der Waals surface area contributed by atoms with E-state index in [1.54, 1.807) is 22.6 Å². The lowest BCUT2D eigenvalue weighted by molar-refractivity contribution is 0.542. The van der Waals surface area contributed by atoms with Crippen LogP contribution in [0.1, 0.15) is 25.6 Å². The average molecular weight is 341 g/mol. The summed E-state index contributed by atoms with van der Waals surface area (Å²) in [4.78, 5) is 32.2. The molecule has 2 N–H and O–H groups in total. The zero-order chi connectivity index (χ0) is 18.0. The van der Waals surface area contributed by atoms with Gasteiger partial charge in [-0.2, -0.15) is 5.10 Å². The minimum Gasteiger partial charge on any atom is -0.293 e. The maximum absolute atomic E-state index is 12.7. The van der Waals surface area contributed by atoms with Crippen molar-refractivity contribution >= 4 is 22.2 Å². The minimum absolute atomic E-state index is 0.0217. The zero-order valence-corrected chi connectivity index (χ0v) is 14.7. The smallest absolute Gasteiger partial charge is 0.293 e. The second kappa shape index (κ2) is 4.95. The number of aryl methyl sites for hydroxylation is 2. The molecule has 0 aliphatic rings. The third-order valence-corrected chi connectivity index (χ3v) is 4.72. The van der Waals surface area contributed by atoms with Gasteiger partial charge in [-0.1, -0.05) is 0 Å². The van der Waals surface area contributed by atoms with Gasteiger partial charge in [0.1, 0.15) is 0 Å². The summed E-state index contributed by atoms with van der Waals surface area (Å²) in [6, 6.07) is 0.0217. The van der Waals surface area contributed by atoms with Crippen molar-refractivity contribution in [1.29, 1.82) is 0 Å². The number of hydrogen-bond acceptors (Lipinski definition) is 4. The molecular formula is C16H19N7O2. The fourth-order valence-corrected chi connectivity index (χ4v) is 3.25. The molecule has 0 saturated heterocycles. The molecule has 0 spiro atoms. The van der Waals surface area contributed by atoms with Crippen LogP contribution >= 0.6 is 0 Å². The van der Waals surface area contributed by atoms with Gasteiger partial charge >= 0.3 is 5.69 Å². The molecule has 9 nitrogen and oxygen atoms in total. The van der Waals surface area contributed by atoms with Gasteiger partial charge in [-0.05, 0) is 20.8 Å². The Morgan fingerprint density at radius 3 is 2.52 bits per heavy atom. The second-order valence-electron chi connectivity index (χ2n) is 6.54. The van der Waals surface area contributed by atoms with Crippen LogP contribution in [0.15, 0.2) is 15.8 Å². The van der Waals surface area contributed by atoms with Crippen LogP contribution in [-0.2, 0) is 14.1 Å². The molecule has 0 aromatic carbocycles. The summed E-state index contributed by atoms with van der Waals surface area (Å²) < 4.78 is 4.94. The first-order chi connectivity index (χ1) is 11.8. The SMILES string of the molecule is Cc1c(-c2c3c(=O)[nH]n(C(C)C)c3nc3[nH]c(=O)n(C)c23)cnn1C. The van der Waals surface area contributed by atoms with Gasteiger partial charge in [0.05, 0.1) is 17.1 Å². The summed E-state index contributed by atoms with van der Waals surface area (Å²) in [7, 11) is 3.51. The van der Waals surface area contributed by atoms with Crippen molar-refractivity contribution in [3.63, 3.8) is 0 Å². The first-order valence-corrected chi connectivity index (χ1v) is 8.03. The fraction of sp³-hybridized carbons (Fsp3) is 0.375. The number of nitrogens with one attached hydrogen (secondary N) is 2. The molecule has 4 aromatic rings. The van der Waals surface area contributed by atoms with Gasteiger partial charge in [0.25, 0.3) is 5.56 Å². The molecule has 0 amide bonds. The van der Waals surface area contributed by atoms with E-state index >= 15 is 0 Å². The maximum Gasteiger partial charge on any atom is 0.327 e. The average Bonchev–Trinajstić information content (AvgIpc) is 3.15. The third-order valence-electron chi connectivity index (χ3n) is 4.72. The Labute approximate surface area is 141 Å². The molecule has 25 heavy (non-hydrogen) atoms. The predicted molar refractivity (Wildman–Crippen MR) is 94.8 cm³/mol. The van der Waals surface area contributed by atoms with Crippen LogP contribution in [-0.4, -0.2) is 34.1 Å². The Balaban J connectivity index is 2.33. The van der Waals surface area contributed by atoms with Crippen LogP contribution in [0, 0.1) is 6.92 Å². The number of fused-ring (bicyclic) bond motifs is 2. The monoisotopic (exact) mass is 341 g/mol. The molecule has 4 rings (SSSR count). The number of pyridine rings is 1. The van der Waals surface area contributed by atoms with E-state index in [2.05, 4.69) is 20.2 Å². The van der Waals surface area contributed by atoms with Crippen LogP contribution in [0.25, 0.3) is 33.3 Å². The Morgan fingerprint density at radius 1 is 1.20 bits per heavy atom.